The van der Waals surface area contributed by atoms with Crippen molar-refractivity contribution in [3.05, 3.63) is 35.1 Å². The number of carbonyl (C=O) groups is 1. The first-order valence-electron chi connectivity index (χ1n) is 5.84. The van der Waals surface area contributed by atoms with Gasteiger partial charge < -0.3 is 10.4 Å². The van der Waals surface area contributed by atoms with Crippen LogP contribution in [-0.2, 0) is 0 Å². The van der Waals surface area contributed by atoms with Crippen molar-refractivity contribution in [3.63, 3.8) is 0 Å². The van der Waals surface area contributed by atoms with Crippen LogP contribution in [0, 0.1) is 12.7 Å². The molecule has 1 amide bonds. The maximum Gasteiger partial charge on any atom is 0.251 e. The number of amides is 1. The second kappa shape index (κ2) is 5.28. The molecule has 1 unspecified atom stereocenters. The van der Waals surface area contributed by atoms with Crippen LogP contribution >= 0.6 is 11.8 Å². The van der Waals surface area contributed by atoms with E-state index < -0.39 is 11.4 Å². The summed E-state index contributed by atoms with van der Waals surface area (Å²) in [6.45, 7) is 1.95. The number of thioether (sulfide) groups is 1. The van der Waals surface area contributed by atoms with Crippen molar-refractivity contribution in [2.24, 2.45) is 0 Å². The fourth-order valence-electron chi connectivity index (χ4n) is 1.95. The number of nitrogens with one attached hydrogen (secondary N) is 1. The van der Waals surface area contributed by atoms with Crippen LogP contribution in [0.5, 0.6) is 0 Å². The first-order chi connectivity index (χ1) is 8.48. The van der Waals surface area contributed by atoms with Crippen molar-refractivity contribution >= 4 is 17.7 Å². The number of benzene rings is 1. The summed E-state index contributed by atoms with van der Waals surface area (Å²) in [4.78, 5) is 11.9. The van der Waals surface area contributed by atoms with Gasteiger partial charge in [0.15, 0.2) is 0 Å². The predicted molar refractivity (Wildman–Crippen MR) is 70.4 cm³/mol. The Hall–Kier alpha value is -1.07. The van der Waals surface area contributed by atoms with Crippen molar-refractivity contribution in [3.8, 4) is 0 Å². The highest BCUT2D eigenvalue weighted by Crippen LogP contribution is 2.27. The number of rotatable bonds is 3. The van der Waals surface area contributed by atoms with Gasteiger partial charge in [0.05, 0.1) is 5.60 Å². The Bertz CT molecular complexity index is 438. The van der Waals surface area contributed by atoms with Crippen LogP contribution in [0.1, 0.15) is 22.3 Å². The van der Waals surface area contributed by atoms with E-state index in [1.807, 2.05) is 0 Å². The summed E-state index contributed by atoms with van der Waals surface area (Å²) in [5.74, 6) is 0.777. The Balaban J connectivity index is 1.99. The van der Waals surface area contributed by atoms with E-state index >= 15 is 0 Å². The fraction of sp³-hybridized carbons (Fsp3) is 0.462. The topological polar surface area (TPSA) is 49.3 Å². The minimum Gasteiger partial charge on any atom is -0.387 e. The van der Waals surface area contributed by atoms with Crippen LogP contribution in [0.2, 0.25) is 0 Å². The molecule has 98 valence electrons. The molecule has 1 aromatic rings. The maximum atomic E-state index is 13.2. The molecule has 0 saturated carbocycles. The number of hydrogen-bond acceptors (Lipinski definition) is 3. The predicted octanol–water partition coefficient (Wildman–Crippen LogP) is 1.73. The first-order valence-corrected chi connectivity index (χ1v) is 7.00. The third-order valence-electron chi connectivity index (χ3n) is 2.96. The molecule has 1 aromatic carbocycles. The molecule has 3 nitrogen and oxygen atoms in total. The van der Waals surface area contributed by atoms with E-state index in [-0.39, 0.29) is 12.5 Å². The van der Waals surface area contributed by atoms with E-state index in [4.69, 9.17) is 0 Å². The monoisotopic (exact) mass is 269 g/mol. The number of aryl methyl sites for hydroxylation is 1. The quantitative estimate of drug-likeness (QED) is 0.878. The maximum absolute atomic E-state index is 13.2. The van der Waals surface area contributed by atoms with Gasteiger partial charge in [-0.05, 0) is 42.9 Å². The van der Waals surface area contributed by atoms with Gasteiger partial charge in [-0.3, -0.25) is 4.79 Å². The Morgan fingerprint density at radius 3 is 2.94 bits per heavy atom. The van der Waals surface area contributed by atoms with Gasteiger partial charge in [0, 0.05) is 17.9 Å². The fourth-order valence-corrected chi connectivity index (χ4v) is 3.25. The highest BCUT2D eigenvalue weighted by molar-refractivity contribution is 7.99. The Morgan fingerprint density at radius 2 is 2.33 bits per heavy atom. The molecule has 0 spiro atoms. The van der Waals surface area contributed by atoms with Crippen LogP contribution < -0.4 is 5.32 Å². The van der Waals surface area contributed by atoms with Crippen LogP contribution in [0.15, 0.2) is 18.2 Å². The third-order valence-corrected chi connectivity index (χ3v) is 4.20. The molecule has 2 N–H and O–H groups in total. The molecule has 0 aromatic heterocycles. The minimum atomic E-state index is -0.817. The second-order valence-electron chi connectivity index (χ2n) is 4.73. The summed E-state index contributed by atoms with van der Waals surface area (Å²) in [5.41, 5.74) is 0.180. The van der Waals surface area contributed by atoms with Crippen molar-refractivity contribution < 1.29 is 14.3 Å². The smallest absolute Gasteiger partial charge is 0.251 e. The molecule has 1 heterocycles. The van der Waals surface area contributed by atoms with Gasteiger partial charge in [0.1, 0.15) is 5.82 Å². The van der Waals surface area contributed by atoms with Crippen molar-refractivity contribution in [1.82, 2.24) is 5.32 Å². The standard InChI is InChI=1S/C13H16FNO2S/c1-9-4-10(6-11(14)5-9)12(16)15-7-13(17)2-3-18-8-13/h4-6,17H,2-3,7-8H2,1H3,(H,15,16). The highest BCUT2D eigenvalue weighted by atomic mass is 32.2. The summed E-state index contributed by atoms with van der Waals surface area (Å²) in [6.07, 6.45) is 0.681. The summed E-state index contributed by atoms with van der Waals surface area (Å²) >= 11 is 1.67. The van der Waals surface area contributed by atoms with Gasteiger partial charge in [0.2, 0.25) is 0 Å². The average Bonchev–Trinajstić information content (AvgIpc) is 2.72. The van der Waals surface area contributed by atoms with Crippen LogP contribution in [0.3, 0.4) is 0 Å². The Morgan fingerprint density at radius 1 is 1.56 bits per heavy atom. The number of aliphatic hydroxyl groups is 1. The molecule has 0 bridgehead atoms. The average molecular weight is 269 g/mol. The molecule has 5 heteroatoms. The Kier molecular flexibility index (Phi) is 3.92. The summed E-state index contributed by atoms with van der Waals surface area (Å²) < 4.78 is 13.2. The van der Waals surface area contributed by atoms with Crippen LogP contribution in [0.25, 0.3) is 0 Å². The lowest BCUT2D eigenvalue weighted by atomic mass is 10.0. The zero-order valence-electron chi connectivity index (χ0n) is 10.2. The van der Waals surface area contributed by atoms with Gasteiger partial charge in [-0.25, -0.2) is 4.39 Å². The lowest BCUT2D eigenvalue weighted by Gasteiger charge is -2.21. The van der Waals surface area contributed by atoms with Crippen molar-refractivity contribution in [1.29, 1.82) is 0 Å². The molecule has 1 atom stereocenters. The Labute approximate surface area is 110 Å². The van der Waals surface area contributed by atoms with E-state index in [1.165, 1.54) is 12.1 Å². The van der Waals surface area contributed by atoms with E-state index in [9.17, 15) is 14.3 Å². The molecule has 2 rings (SSSR count). The van der Waals surface area contributed by atoms with Crippen LogP contribution in [-0.4, -0.2) is 34.7 Å². The highest BCUT2D eigenvalue weighted by Gasteiger charge is 2.32. The van der Waals surface area contributed by atoms with E-state index in [0.29, 0.717) is 23.3 Å². The van der Waals surface area contributed by atoms with Gasteiger partial charge in [-0.2, -0.15) is 11.8 Å². The van der Waals surface area contributed by atoms with Gasteiger partial charge >= 0.3 is 0 Å². The van der Waals surface area contributed by atoms with E-state index in [0.717, 1.165) is 5.75 Å². The summed E-state index contributed by atoms with van der Waals surface area (Å²) in [6, 6.07) is 4.21. The van der Waals surface area contributed by atoms with Gasteiger partial charge in [-0.15, -0.1) is 0 Å². The molecule has 1 saturated heterocycles. The second-order valence-corrected chi connectivity index (χ2v) is 5.83. The number of hydrogen-bond donors (Lipinski definition) is 2. The lowest BCUT2D eigenvalue weighted by molar-refractivity contribution is 0.0612. The van der Waals surface area contributed by atoms with Gasteiger partial charge in [-0.1, -0.05) is 0 Å². The molecule has 0 radical (unpaired) electrons. The largest absolute Gasteiger partial charge is 0.387 e. The van der Waals surface area contributed by atoms with Crippen molar-refractivity contribution in [2.45, 2.75) is 18.9 Å². The minimum absolute atomic E-state index is 0.217. The zero-order valence-corrected chi connectivity index (χ0v) is 11.0. The number of carbonyl (C=O) groups excluding carboxylic acids is 1. The first kappa shape index (κ1) is 13.4. The lowest BCUT2D eigenvalue weighted by Crippen LogP contribution is -2.42. The molecule has 1 aliphatic heterocycles. The van der Waals surface area contributed by atoms with E-state index in [2.05, 4.69) is 5.32 Å². The molecular weight excluding hydrogens is 253 g/mol. The summed E-state index contributed by atoms with van der Waals surface area (Å²) in [5, 5.41) is 12.8. The molecule has 1 fully saturated rings. The number of halogens is 1. The third kappa shape index (κ3) is 3.23. The normalized spacial score (nSPS) is 23.1. The summed E-state index contributed by atoms with van der Waals surface area (Å²) in [7, 11) is 0. The molecule has 1 aliphatic rings. The zero-order chi connectivity index (χ0) is 13.2. The van der Waals surface area contributed by atoms with Crippen LogP contribution in [0.4, 0.5) is 4.39 Å². The van der Waals surface area contributed by atoms with E-state index in [1.54, 1.807) is 24.8 Å². The molecular formula is C13H16FNO2S. The molecule has 18 heavy (non-hydrogen) atoms. The van der Waals surface area contributed by atoms with Gasteiger partial charge in [0.25, 0.3) is 5.91 Å². The van der Waals surface area contributed by atoms with Crippen molar-refractivity contribution in [2.75, 3.05) is 18.1 Å². The molecule has 0 aliphatic carbocycles. The SMILES string of the molecule is Cc1cc(F)cc(C(=O)NCC2(O)CCSC2)c1.